The van der Waals surface area contributed by atoms with Crippen LogP contribution in [-0.2, 0) is 6.42 Å². The second-order valence-electron chi connectivity index (χ2n) is 5.03. The predicted molar refractivity (Wildman–Crippen MR) is 82.9 cm³/mol. The van der Waals surface area contributed by atoms with Crippen molar-refractivity contribution < 1.29 is 5.11 Å². The van der Waals surface area contributed by atoms with Crippen molar-refractivity contribution in [2.24, 2.45) is 0 Å². The molecular weight excluding hydrogens is 262 g/mol. The largest absolute Gasteiger partial charge is 0.387 e. The Kier molecular flexibility index (Phi) is 4.28. The topological polar surface area (TPSA) is 60.9 Å². The number of H-pyrrole nitrogens is 1. The van der Waals surface area contributed by atoms with Gasteiger partial charge in [0.25, 0.3) is 0 Å². The van der Waals surface area contributed by atoms with Crippen LogP contribution in [0.15, 0.2) is 48.9 Å². The van der Waals surface area contributed by atoms with E-state index in [0.717, 1.165) is 24.0 Å². The number of rotatable bonds is 6. The predicted octanol–water partition coefficient (Wildman–Crippen LogP) is 2.23. The van der Waals surface area contributed by atoms with Gasteiger partial charge in [-0.25, -0.2) is 0 Å². The van der Waals surface area contributed by atoms with E-state index in [0.29, 0.717) is 6.54 Å². The molecule has 1 radical (unpaired) electrons. The summed E-state index contributed by atoms with van der Waals surface area (Å²) in [5.74, 6) is 0. The SMILES string of the molecule is O[C@@H](CNCCc1c[nH]c2[c]cccc12)c1cccnc1. The molecule has 107 valence electrons. The van der Waals surface area contributed by atoms with Crippen LogP contribution < -0.4 is 5.32 Å². The van der Waals surface area contributed by atoms with Crippen LogP contribution in [0.4, 0.5) is 0 Å². The lowest BCUT2D eigenvalue weighted by atomic mass is 10.1. The van der Waals surface area contributed by atoms with Gasteiger partial charge in [0.05, 0.1) is 11.6 Å². The summed E-state index contributed by atoms with van der Waals surface area (Å²) in [6, 6.07) is 12.9. The van der Waals surface area contributed by atoms with Crippen LogP contribution in [0.25, 0.3) is 10.9 Å². The zero-order chi connectivity index (χ0) is 14.5. The highest BCUT2D eigenvalue weighted by Crippen LogP contribution is 2.17. The molecule has 4 heteroatoms. The van der Waals surface area contributed by atoms with Crippen molar-refractivity contribution in [2.45, 2.75) is 12.5 Å². The second-order valence-corrected chi connectivity index (χ2v) is 5.03. The summed E-state index contributed by atoms with van der Waals surface area (Å²) >= 11 is 0. The van der Waals surface area contributed by atoms with E-state index < -0.39 is 6.10 Å². The fraction of sp³-hybridized carbons (Fsp3) is 0.235. The van der Waals surface area contributed by atoms with Gasteiger partial charge >= 0.3 is 0 Å². The van der Waals surface area contributed by atoms with E-state index in [1.807, 2.05) is 30.5 Å². The quantitative estimate of drug-likeness (QED) is 0.607. The Morgan fingerprint density at radius 3 is 3.14 bits per heavy atom. The van der Waals surface area contributed by atoms with Crippen LogP contribution in [-0.4, -0.2) is 28.2 Å². The number of aliphatic hydroxyl groups is 1. The van der Waals surface area contributed by atoms with Crippen molar-refractivity contribution in [2.75, 3.05) is 13.1 Å². The number of hydrogen-bond donors (Lipinski definition) is 3. The van der Waals surface area contributed by atoms with Gasteiger partial charge in [0.15, 0.2) is 0 Å². The highest BCUT2D eigenvalue weighted by atomic mass is 16.3. The first kappa shape index (κ1) is 13.8. The zero-order valence-corrected chi connectivity index (χ0v) is 11.7. The third-order valence-corrected chi connectivity index (χ3v) is 3.57. The van der Waals surface area contributed by atoms with Crippen LogP contribution in [0.5, 0.6) is 0 Å². The summed E-state index contributed by atoms with van der Waals surface area (Å²) in [4.78, 5) is 7.24. The number of nitrogens with one attached hydrogen (secondary N) is 2. The van der Waals surface area contributed by atoms with Crippen molar-refractivity contribution >= 4 is 10.9 Å². The first-order chi connectivity index (χ1) is 10.3. The molecule has 21 heavy (non-hydrogen) atoms. The Morgan fingerprint density at radius 1 is 1.33 bits per heavy atom. The lowest BCUT2D eigenvalue weighted by Gasteiger charge is -2.11. The molecule has 0 aliphatic heterocycles. The molecule has 0 unspecified atom stereocenters. The third-order valence-electron chi connectivity index (χ3n) is 3.57. The van der Waals surface area contributed by atoms with Crippen molar-refractivity contribution in [3.63, 3.8) is 0 Å². The van der Waals surface area contributed by atoms with Crippen molar-refractivity contribution in [3.05, 3.63) is 66.1 Å². The van der Waals surface area contributed by atoms with E-state index in [-0.39, 0.29) is 0 Å². The van der Waals surface area contributed by atoms with E-state index in [1.165, 1.54) is 10.9 Å². The molecule has 0 saturated heterocycles. The van der Waals surface area contributed by atoms with Gasteiger partial charge in [-0.3, -0.25) is 4.98 Å². The third kappa shape index (κ3) is 3.29. The summed E-state index contributed by atoms with van der Waals surface area (Å²) in [6.45, 7) is 1.35. The van der Waals surface area contributed by atoms with Crippen LogP contribution in [0.3, 0.4) is 0 Å². The number of nitrogens with zero attached hydrogens (tertiary/aromatic N) is 1. The van der Waals surface area contributed by atoms with Crippen molar-refractivity contribution in [1.82, 2.24) is 15.3 Å². The molecule has 0 bridgehead atoms. The molecule has 4 nitrogen and oxygen atoms in total. The summed E-state index contributed by atoms with van der Waals surface area (Å²) < 4.78 is 0. The van der Waals surface area contributed by atoms with Crippen LogP contribution in [0.1, 0.15) is 17.2 Å². The number of para-hydroxylation sites is 1. The maximum atomic E-state index is 10.0. The average molecular weight is 280 g/mol. The van der Waals surface area contributed by atoms with E-state index >= 15 is 0 Å². The van der Waals surface area contributed by atoms with E-state index in [1.54, 1.807) is 12.4 Å². The molecule has 0 saturated carbocycles. The number of hydrogen-bond acceptors (Lipinski definition) is 3. The lowest BCUT2D eigenvalue weighted by Crippen LogP contribution is -2.23. The number of pyridine rings is 1. The molecule has 1 atom stereocenters. The minimum Gasteiger partial charge on any atom is -0.387 e. The van der Waals surface area contributed by atoms with Crippen molar-refractivity contribution in [1.29, 1.82) is 0 Å². The minimum atomic E-state index is -0.519. The van der Waals surface area contributed by atoms with E-state index in [9.17, 15) is 5.11 Å². The van der Waals surface area contributed by atoms with Crippen LogP contribution in [0, 0.1) is 6.07 Å². The Balaban J connectivity index is 1.50. The zero-order valence-electron chi connectivity index (χ0n) is 11.7. The standard InChI is InChI=1S/C17H18N3O/c21-17(14-4-3-8-18-10-14)12-19-9-7-13-11-20-16-6-2-1-5-15(13)16/h1-5,8,10-11,17,19-21H,7,9,12H2/t17-/m0/s1. The number of aromatic nitrogens is 2. The molecular formula is C17H18N3O. The Bertz CT molecular complexity index is 693. The fourth-order valence-electron chi connectivity index (χ4n) is 2.42. The van der Waals surface area contributed by atoms with E-state index in [2.05, 4.69) is 27.4 Å². The molecule has 3 rings (SSSR count). The average Bonchev–Trinajstić information content (AvgIpc) is 2.95. The number of aromatic amines is 1. The lowest BCUT2D eigenvalue weighted by molar-refractivity contribution is 0.174. The molecule has 1 aromatic carbocycles. The van der Waals surface area contributed by atoms with Gasteiger partial charge in [0.2, 0.25) is 0 Å². The maximum absolute atomic E-state index is 10.0. The summed E-state index contributed by atoms with van der Waals surface area (Å²) in [5.41, 5.74) is 3.15. The fourth-order valence-corrected chi connectivity index (χ4v) is 2.42. The first-order valence-electron chi connectivity index (χ1n) is 7.10. The molecule has 0 spiro atoms. The summed E-state index contributed by atoms with van der Waals surface area (Å²) in [7, 11) is 0. The molecule has 3 N–H and O–H groups in total. The normalized spacial score (nSPS) is 12.6. The smallest absolute Gasteiger partial charge is 0.0929 e. The first-order valence-corrected chi connectivity index (χ1v) is 7.10. The van der Waals surface area contributed by atoms with E-state index in [4.69, 9.17) is 0 Å². The molecule has 0 aliphatic rings. The molecule has 3 aromatic rings. The van der Waals surface area contributed by atoms with Gasteiger partial charge in [-0.15, -0.1) is 0 Å². The van der Waals surface area contributed by atoms with Gasteiger partial charge in [0, 0.05) is 42.2 Å². The minimum absolute atomic E-state index is 0.519. The van der Waals surface area contributed by atoms with Crippen LogP contribution in [0.2, 0.25) is 0 Å². The summed E-state index contributed by atoms with van der Waals surface area (Å²) in [6.07, 6.45) is 5.83. The van der Waals surface area contributed by atoms with Crippen molar-refractivity contribution in [3.8, 4) is 0 Å². The highest BCUT2D eigenvalue weighted by Gasteiger charge is 2.07. The Labute approximate surface area is 123 Å². The monoisotopic (exact) mass is 280 g/mol. The number of aliphatic hydroxyl groups excluding tert-OH is 1. The van der Waals surface area contributed by atoms with Gasteiger partial charge < -0.3 is 15.4 Å². The Morgan fingerprint density at radius 2 is 2.29 bits per heavy atom. The number of benzene rings is 1. The van der Waals surface area contributed by atoms with Gasteiger partial charge in [-0.2, -0.15) is 0 Å². The Hall–Kier alpha value is -2.17. The second kappa shape index (κ2) is 6.52. The number of fused-ring (bicyclic) bond motifs is 1. The molecule has 2 heterocycles. The molecule has 0 amide bonds. The van der Waals surface area contributed by atoms with Gasteiger partial charge in [-0.1, -0.05) is 24.3 Å². The maximum Gasteiger partial charge on any atom is 0.0929 e. The molecule has 0 aliphatic carbocycles. The molecule has 2 aromatic heterocycles. The van der Waals surface area contributed by atoms with Gasteiger partial charge in [0.1, 0.15) is 0 Å². The highest BCUT2D eigenvalue weighted by molar-refractivity contribution is 5.82. The van der Waals surface area contributed by atoms with Gasteiger partial charge in [-0.05, 0) is 24.6 Å². The summed E-state index contributed by atoms with van der Waals surface area (Å²) in [5, 5.41) is 14.5. The molecule has 0 fully saturated rings. The van der Waals surface area contributed by atoms with Crippen LogP contribution >= 0.6 is 0 Å².